The van der Waals surface area contributed by atoms with Crippen LogP contribution in [0.15, 0.2) is 76.5 Å². The predicted octanol–water partition coefficient (Wildman–Crippen LogP) is 4.47. The Labute approximate surface area is 117 Å². The summed E-state index contributed by atoms with van der Waals surface area (Å²) < 4.78 is 5.08. The Balaban J connectivity index is 1.83. The molecule has 0 bridgehead atoms. The predicted molar refractivity (Wildman–Crippen MR) is 80.0 cm³/mol. The number of rotatable bonds is 2. The lowest BCUT2D eigenvalue weighted by Gasteiger charge is -2.07. The van der Waals surface area contributed by atoms with Gasteiger partial charge in [-0.25, -0.2) is 0 Å². The van der Waals surface area contributed by atoms with Crippen molar-refractivity contribution >= 4 is 6.21 Å². The molecule has 0 radical (unpaired) electrons. The molecule has 1 aliphatic rings. The average Bonchev–Trinajstić information content (AvgIpc) is 3.11. The lowest BCUT2D eigenvalue weighted by Crippen LogP contribution is -1.93. The zero-order chi connectivity index (χ0) is 13.4. The topological polar surface area (TPSA) is 25.5 Å². The molecule has 1 aliphatic carbocycles. The van der Waals surface area contributed by atoms with Gasteiger partial charge < -0.3 is 4.42 Å². The van der Waals surface area contributed by atoms with Gasteiger partial charge >= 0.3 is 0 Å². The standard InChI is InChI=1S/C18H13NO/c1-3-7-16-14(5-1)15-6-2-4-8-17(15)18(16)19-11-13-9-10-20-12-13/h1-12,18H. The molecule has 2 nitrogen and oxygen atoms in total. The Morgan fingerprint density at radius 1 is 0.850 bits per heavy atom. The van der Waals surface area contributed by atoms with Gasteiger partial charge in [-0.15, -0.1) is 0 Å². The van der Waals surface area contributed by atoms with Crippen molar-refractivity contribution in [2.24, 2.45) is 4.99 Å². The second-order valence-corrected chi connectivity index (χ2v) is 4.91. The third-order valence-electron chi connectivity index (χ3n) is 3.72. The molecule has 0 spiro atoms. The molecule has 0 aliphatic heterocycles. The molecule has 3 aromatic rings. The molecule has 2 aromatic carbocycles. The molecule has 0 saturated heterocycles. The van der Waals surface area contributed by atoms with Crippen LogP contribution in [-0.2, 0) is 0 Å². The molecule has 1 heterocycles. The molecule has 0 fully saturated rings. The van der Waals surface area contributed by atoms with Gasteiger partial charge in [0, 0.05) is 11.8 Å². The first kappa shape index (κ1) is 11.2. The zero-order valence-electron chi connectivity index (χ0n) is 10.9. The van der Waals surface area contributed by atoms with Crippen LogP contribution in [0.25, 0.3) is 11.1 Å². The van der Waals surface area contributed by atoms with Gasteiger partial charge in [0.1, 0.15) is 6.04 Å². The van der Waals surface area contributed by atoms with Crippen molar-refractivity contribution in [3.8, 4) is 11.1 Å². The van der Waals surface area contributed by atoms with Gasteiger partial charge in [0.25, 0.3) is 0 Å². The van der Waals surface area contributed by atoms with Gasteiger partial charge in [-0.2, -0.15) is 0 Å². The van der Waals surface area contributed by atoms with Gasteiger partial charge in [-0.05, 0) is 28.3 Å². The Hall–Kier alpha value is -2.61. The van der Waals surface area contributed by atoms with Crippen LogP contribution in [0, 0.1) is 0 Å². The molecule has 96 valence electrons. The number of hydrogen-bond acceptors (Lipinski definition) is 2. The maximum absolute atomic E-state index is 5.08. The molecule has 0 amide bonds. The van der Waals surface area contributed by atoms with Crippen molar-refractivity contribution < 1.29 is 4.42 Å². The lowest BCUT2D eigenvalue weighted by molar-refractivity contribution is 0.567. The third-order valence-corrected chi connectivity index (χ3v) is 3.72. The van der Waals surface area contributed by atoms with Crippen LogP contribution in [0.3, 0.4) is 0 Å². The van der Waals surface area contributed by atoms with Crippen LogP contribution in [0.2, 0.25) is 0 Å². The number of aliphatic imine (C=N–C) groups is 1. The second-order valence-electron chi connectivity index (χ2n) is 4.91. The first-order valence-electron chi connectivity index (χ1n) is 6.67. The summed E-state index contributed by atoms with van der Waals surface area (Å²) in [6, 6.07) is 19.0. The van der Waals surface area contributed by atoms with Crippen LogP contribution in [0.5, 0.6) is 0 Å². The van der Waals surface area contributed by atoms with Crippen molar-refractivity contribution in [3.63, 3.8) is 0 Å². The molecular weight excluding hydrogens is 246 g/mol. The van der Waals surface area contributed by atoms with E-state index in [1.165, 1.54) is 22.3 Å². The molecule has 0 N–H and O–H groups in total. The van der Waals surface area contributed by atoms with E-state index >= 15 is 0 Å². The lowest BCUT2D eigenvalue weighted by atomic mass is 10.1. The minimum atomic E-state index is 0.0808. The average molecular weight is 259 g/mol. The molecule has 4 rings (SSSR count). The quantitative estimate of drug-likeness (QED) is 0.623. The van der Waals surface area contributed by atoms with Crippen LogP contribution in [0.1, 0.15) is 22.7 Å². The molecule has 20 heavy (non-hydrogen) atoms. The molecule has 1 aromatic heterocycles. The summed E-state index contributed by atoms with van der Waals surface area (Å²) in [5.41, 5.74) is 6.11. The Morgan fingerprint density at radius 2 is 1.50 bits per heavy atom. The first-order chi connectivity index (χ1) is 9.93. The van der Waals surface area contributed by atoms with Gasteiger partial charge in [0.2, 0.25) is 0 Å². The molecule has 0 unspecified atom stereocenters. The van der Waals surface area contributed by atoms with Gasteiger partial charge in [-0.3, -0.25) is 4.99 Å². The smallest absolute Gasteiger partial charge is 0.101 e. The van der Waals surface area contributed by atoms with E-state index in [9.17, 15) is 0 Å². The van der Waals surface area contributed by atoms with E-state index in [2.05, 4.69) is 48.5 Å². The summed E-state index contributed by atoms with van der Waals surface area (Å²) in [6.45, 7) is 0. The van der Waals surface area contributed by atoms with Crippen molar-refractivity contribution in [3.05, 3.63) is 83.8 Å². The Morgan fingerprint density at radius 3 is 2.10 bits per heavy atom. The van der Waals surface area contributed by atoms with E-state index < -0.39 is 0 Å². The van der Waals surface area contributed by atoms with Crippen LogP contribution in [0.4, 0.5) is 0 Å². The number of benzene rings is 2. The van der Waals surface area contributed by atoms with E-state index in [1.54, 1.807) is 12.5 Å². The normalized spacial score (nSPS) is 13.6. The summed E-state index contributed by atoms with van der Waals surface area (Å²) in [7, 11) is 0. The number of fused-ring (bicyclic) bond motifs is 3. The van der Waals surface area contributed by atoms with Crippen molar-refractivity contribution in [2.45, 2.75) is 6.04 Å². The van der Waals surface area contributed by atoms with E-state index in [-0.39, 0.29) is 6.04 Å². The fourth-order valence-corrected chi connectivity index (χ4v) is 2.80. The van der Waals surface area contributed by atoms with Crippen LogP contribution < -0.4 is 0 Å². The van der Waals surface area contributed by atoms with Crippen molar-refractivity contribution in [1.82, 2.24) is 0 Å². The molecule has 0 atom stereocenters. The number of hydrogen-bond donors (Lipinski definition) is 0. The highest BCUT2D eigenvalue weighted by Crippen LogP contribution is 2.44. The highest BCUT2D eigenvalue weighted by Gasteiger charge is 2.26. The first-order valence-corrected chi connectivity index (χ1v) is 6.67. The van der Waals surface area contributed by atoms with E-state index in [0.29, 0.717) is 0 Å². The van der Waals surface area contributed by atoms with Crippen LogP contribution in [-0.4, -0.2) is 6.21 Å². The number of nitrogens with zero attached hydrogens (tertiary/aromatic N) is 1. The zero-order valence-corrected chi connectivity index (χ0v) is 10.9. The fraction of sp³-hybridized carbons (Fsp3) is 0.0556. The van der Waals surface area contributed by atoms with Gasteiger partial charge in [-0.1, -0.05) is 48.5 Å². The Bertz CT molecular complexity index is 726. The second kappa shape index (κ2) is 4.49. The summed E-state index contributed by atoms with van der Waals surface area (Å²) in [6.07, 6.45) is 5.25. The fourth-order valence-electron chi connectivity index (χ4n) is 2.80. The van der Waals surface area contributed by atoms with Gasteiger partial charge in [0.05, 0.1) is 12.5 Å². The summed E-state index contributed by atoms with van der Waals surface area (Å²) >= 11 is 0. The minimum absolute atomic E-state index is 0.0808. The largest absolute Gasteiger partial charge is 0.472 e. The van der Waals surface area contributed by atoms with E-state index in [0.717, 1.165) is 5.56 Å². The van der Waals surface area contributed by atoms with E-state index in [1.807, 2.05) is 12.3 Å². The molecular formula is C18H13NO. The summed E-state index contributed by atoms with van der Waals surface area (Å²) in [5, 5.41) is 0. The number of furan rings is 1. The van der Waals surface area contributed by atoms with Gasteiger partial charge in [0.15, 0.2) is 0 Å². The minimum Gasteiger partial charge on any atom is -0.472 e. The van der Waals surface area contributed by atoms with Crippen molar-refractivity contribution in [2.75, 3.05) is 0 Å². The SMILES string of the molecule is C(=NC1c2ccccc2-c2ccccc21)c1ccoc1. The third kappa shape index (κ3) is 1.69. The maximum Gasteiger partial charge on any atom is 0.101 e. The highest BCUT2D eigenvalue weighted by atomic mass is 16.3. The monoisotopic (exact) mass is 259 g/mol. The Kier molecular flexibility index (Phi) is 2.52. The summed E-state index contributed by atoms with van der Waals surface area (Å²) in [4.78, 5) is 4.76. The summed E-state index contributed by atoms with van der Waals surface area (Å²) in [5.74, 6) is 0. The molecule has 0 saturated carbocycles. The molecule has 2 heteroatoms. The maximum atomic E-state index is 5.08. The van der Waals surface area contributed by atoms with E-state index in [4.69, 9.17) is 9.41 Å². The van der Waals surface area contributed by atoms with Crippen molar-refractivity contribution in [1.29, 1.82) is 0 Å². The van der Waals surface area contributed by atoms with Crippen LogP contribution >= 0.6 is 0 Å². The highest BCUT2D eigenvalue weighted by molar-refractivity contribution is 5.83.